The highest BCUT2D eigenvalue weighted by Gasteiger charge is 2.78. The van der Waals surface area contributed by atoms with Gasteiger partial charge in [-0.05, 0) is 51.7 Å². The topological polar surface area (TPSA) is 90.4 Å². The lowest BCUT2D eigenvalue weighted by Gasteiger charge is -2.41. The van der Waals surface area contributed by atoms with Gasteiger partial charge in [-0.15, -0.1) is 13.2 Å². The summed E-state index contributed by atoms with van der Waals surface area (Å²) in [6.45, 7) is 16.0. The molecule has 4 rings (SSSR count). The van der Waals surface area contributed by atoms with Crippen molar-refractivity contribution in [2.24, 2.45) is 11.8 Å². The molecule has 3 aliphatic heterocycles. The summed E-state index contributed by atoms with van der Waals surface area (Å²) in [6, 6.07) is 7.81. The van der Waals surface area contributed by atoms with Crippen LogP contribution in [0.2, 0.25) is 0 Å². The number of carbonyl (C=O) groups excluding carboxylic acids is 3. The Bertz CT molecular complexity index is 1120. The third kappa shape index (κ3) is 4.69. The van der Waals surface area contributed by atoms with Gasteiger partial charge in [0.1, 0.15) is 11.6 Å². The number of hydrogen-bond donors (Lipinski definition) is 1. The summed E-state index contributed by atoms with van der Waals surface area (Å²) >= 11 is 0. The number of carbonyl (C=O) groups is 3. The predicted octanol–water partition coefficient (Wildman–Crippen LogP) is 3.94. The standard InChI is InChI=1S/C32H45N3O5/c1-7-14-22(5)33(19-8-2)30(39)27-32-18-17-31(6,40-32)25(26(32)29(38)35(27)23(10-4)21-36)28(37)34(20-9-3)24-15-12-11-13-16-24/h8-9,11-13,15-16,22-23,25-27,36H,2-3,7,10,14,17-21H2,1,4-6H3/t22?,23-,25+,26-,27?,31-,32?/m0/s1. The number of rotatable bonds is 13. The Balaban J connectivity index is 1.83. The van der Waals surface area contributed by atoms with Crippen molar-refractivity contribution >= 4 is 23.4 Å². The molecule has 0 aliphatic carbocycles. The molecule has 0 radical (unpaired) electrons. The van der Waals surface area contributed by atoms with E-state index in [-0.39, 0.29) is 36.9 Å². The Labute approximate surface area is 238 Å². The maximum absolute atomic E-state index is 14.5. The van der Waals surface area contributed by atoms with Gasteiger partial charge in [0.25, 0.3) is 0 Å². The number of hydrogen-bond acceptors (Lipinski definition) is 5. The molecule has 3 amide bonds. The molecule has 218 valence electrons. The molecule has 3 heterocycles. The minimum atomic E-state index is -1.15. The number of likely N-dealkylation sites (tertiary alicyclic amines) is 1. The van der Waals surface area contributed by atoms with Gasteiger partial charge in [0.15, 0.2) is 0 Å². The first kappa shape index (κ1) is 30.0. The van der Waals surface area contributed by atoms with Gasteiger partial charge in [-0.25, -0.2) is 0 Å². The van der Waals surface area contributed by atoms with E-state index in [1.54, 1.807) is 26.9 Å². The zero-order valence-electron chi connectivity index (χ0n) is 24.4. The van der Waals surface area contributed by atoms with Crippen LogP contribution < -0.4 is 4.90 Å². The molecule has 3 fully saturated rings. The van der Waals surface area contributed by atoms with E-state index in [0.717, 1.165) is 18.5 Å². The van der Waals surface area contributed by atoms with Gasteiger partial charge in [-0.1, -0.05) is 50.6 Å². The van der Waals surface area contributed by atoms with Gasteiger partial charge < -0.3 is 24.5 Å². The Morgan fingerprint density at radius 2 is 1.82 bits per heavy atom. The number of benzene rings is 1. The van der Waals surface area contributed by atoms with Crippen molar-refractivity contribution in [2.75, 3.05) is 24.6 Å². The molecular weight excluding hydrogens is 506 g/mol. The average Bonchev–Trinajstić information content (AvgIpc) is 3.52. The molecule has 0 saturated carbocycles. The normalized spacial score (nSPS) is 30.1. The fourth-order valence-electron chi connectivity index (χ4n) is 7.41. The molecule has 1 spiro atoms. The van der Waals surface area contributed by atoms with Crippen LogP contribution in [-0.2, 0) is 19.1 Å². The number of amides is 3. The van der Waals surface area contributed by atoms with Crippen molar-refractivity contribution < 1.29 is 24.2 Å². The Kier molecular flexibility index (Phi) is 8.90. The second-order valence-corrected chi connectivity index (χ2v) is 11.7. The Morgan fingerprint density at radius 3 is 2.40 bits per heavy atom. The lowest BCUT2D eigenvalue weighted by Crippen LogP contribution is -2.60. The van der Waals surface area contributed by atoms with Crippen LogP contribution in [0.3, 0.4) is 0 Å². The van der Waals surface area contributed by atoms with Crippen LogP contribution in [0.5, 0.6) is 0 Å². The van der Waals surface area contributed by atoms with Crippen molar-refractivity contribution in [3.63, 3.8) is 0 Å². The van der Waals surface area contributed by atoms with Crippen molar-refractivity contribution in [3.8, 4) is 0 Å². The summed E-state index contributed by atoms with van der Waals surface area (Å²) in [4.78, 5) is 48.4. The lowest BCUT2D eigenvalue weighted by atomic mass is 9.66. The quantitative estimate of drug-likeness (QED) is 0.375. The average molecular weight is 552 g/mol. The number of nitrogens with zero attached hydrogens (tertiary/aromatic N) is 3. The van der Waals surface area contributed by atoms with Crippen LogP contribution in [0, 0.1) is 11.8 Å². The second kappa shape index (κ2) is 11.9. The van der Waals surface area contributed by atoms with Gasteiger partial charge in [-0.2, -0.15) is 0 Å². The van der Waals surface area contributed by atoms with Crippen LogP contribution in [0.25, 0.3) is 0 Å². The molecule has 3 saturated heterocycles. The van der Waals surface area contributed by atoms with Gasteiger partial charge in [0.05, 0.1) is 30.1 Å². The summed E-state index contributed by atoms with van der Waals surface area (Å²) in [6.07, 6.45) is 6.62. The minimum absolute atomic E-state index is 0.0649. The maximum Gasteiger partial charge on any atom is 0.248 e. The Morgan fingerprint density at radius 1 is 1.15 bits per heavy atom. The fraction of sp³-hybridized carbons (Fsp3) is 0.594. The molecule has 3 unspecified atom stereocenters. The van der Waals surface area contributed by atoms with Gasteiger partial charge in [-0.3, -0.25) is 14.4 Å². The zero-order valence-corrected chi connectivity index (χ0v) is 24.4. The lowest BCUT2D eigenvalue weighted by molar-refractivity contribution is -0.156. The highest BCUT2D eigenvalue weighted by Crippen LogP contribution is 2.64. The third-order valence-corrected chi connectivity index (χ3v) is 9.28. The van der Waals surface area contributed by atoms with E-state index in [4.69, 9.17) is 4.74 Å². The summed E-state index contributed by atoms with van der Waals surface area (Å²) in [5.74, 6) is -2.29. The monoisotopic (exact) mass is 551 g/mol. The number of fused-ring (bicyclic) bond motifs is 1. The van der Waals surface area contributed by atoms with Crippen LogP contribution in [0.4, 0.5) is 5.69 Å². The number of aliphatic hydroxyl groups is 1. The molecule has 1 N–H and O–H groups in total. The SMILES string of the molecule is C=CCN(C(=O)[C@H]1[C@H]2C(=O)N([C@@H](CC)CO)C(C(=O)N(CC=C)C(C)CCC)C23CC[C@]1(C)O3)c1ccccc1. The van der Waals surface area contributed by atoms with E-state index in [2.05, 4.69) is 20.1 Å². The minimum Gasteiger partial charge on any atom is -0.394 e. The molecule has 8 heteroatoms. The van der Waals surface area contributed by atoms with Gasteiger partial charge in [0, 0.05) is 24.8 Å². The summed E-state index contributed by atoms with van der Waals surface area (Å²) in [5.41, 5.74) is -1.32. The smallest absolute Gasteiger partial charge is 0.248 e. The molecular formula is C32H45N3O5. The summed E-state index contributed by atoms with van der Waals surface area (Å²) in [5, 5.41) is 10.3. The molecule has 0 aromatic heterocycles. The molecule has 8 nitrogen and oxygen atoms in total. The first-order valence-corrected chi connectivity index (χ1v) is 14.7. The van der Waals surface area contributed by atoms with E-state index >= 15 is 0 Å². The molecule has 1 aromatic carbocycles. The largest absolute Gasteiger partial charge is 0.394 e. The molecule has 1 aromatic rings. The second-order valence-electron chi connectivity index (χ2n) is 11.7. The first-order valence-electron chi connectivity index (χ1n) is 14.7. The van der Waals surface area contributed by atoms with Crippen molar-refractivity contribution in [1.82, 2.24) is 9.80 Å². The van der Waals surface area contributed by atoms with Crippen LogP contribution in [0.15, 0.2) is 55.6 Å². The number of anilines is 1. The highest BCUT2D eigenvalue weighted by molar-refractivity contribution is 6.03. The zero-order chi connectivity index (χ0) is 29.2. The van der Waals surface area contributed by atoms with Crippen LogP contribution >= 0.6 is 0 Å². The number of para-hydroxylation sites is 1. The van der Waals surface area contributed by atoms with E-state index < -0.39 is 35.1 Å². The van der Waals surface area contributed by atoms with E-state index in [9.17, 15) is 19.5 Å². The molecule has 40 heavy (non-hydrogen) atoms. The summed E-state index contributed by atoms with van der Waals surface area (Å²) < 4.78 is 6.82. The molecule has 2 bridgehead atoms. The van der Waals surface area contributed by atoms with Gasteiger partial charge in [0.2, 0.25) is 17.7 Å². The van der Waals surface area contributed by atoms with E-state index in [1.807, 2.05) is 51.1 Å². The van der Waals surface area contributed by atoms with Crippen LogP contribution in [-0.4, -0.2) is 81.7 Å². The molecule has 7 atom stereocenters. The van der Waals surface area contributed by atoms with E-state index in [1.165, 1.54) is 0 Å². The fourth-order valence-corrected chi connectivity index (χ4v) is 7.41. The van der Waals surface area contributed by atoms with Crippen molar-refractivity contribution in [2.45, 2.75) is 89.1 Å². The first-order chi connectivity index (χ1) is 19.1. The third-order valence-electron chi connectivity index (χ3n) is 9.28. The van der Waals surface area contributed by atoms with Crippen molar-refractivity contribution in [1.29, 1.82) is 0 Å². The maximum atomic E-state index is 14.5. The molecule has 3 aliphatic rings. The predicted molar refractivity (Wildman–Crippen MR) is 156 cm³/mol. The van der Waals surface area contributed by atoms with Gasteiger partial charge >= 0.3 is 0 Å². The number of aliphatic hydroxyl groups excluding tert-OH is 1. The van der Waals surface area contributed by atoms with E-state index in [0.29, 0.717) is 25.8 Å². The summed E-state index contributed by atoms with van der Waals surface area (Å²) in [7, 11) is 0. The Hall–Kier alpha value is -2.97. The van der Waals surface area contributed by atoms with Crippen molar-refractivity contribution in [3.05, 3.63) is 55.6 Å². The number of ether oxygens (including phenoxy) is 1. The van der Waals surface area contributed by atoms with Crippen LogP contribution in [0.1, 0.15) is 59.8 Å². The highest BCUT2D eigenvalue weighted by atomic mass is 16.5.